The van der Waals surface area contributed by atoms with E-state index in [1.54, 1.807) is 0 Å². The van der Waals surface area contributed by atoms with Gasteiger partial charge in [-0.1, -0.05) is 90.7 Å². The Bertz CT molecular complexity index is 869. The van der Waals surface area contributed by atoms with Crippen molar-refractivity contribution >= 4 is 29.0 Å². The average Bonchev–Trinajstić information content (AvgIpc) is 2.80. The Morgan fingerprint density at radius 1 is 0.931 bits per heavy atom. The number of phenolic OH excluding ortho intramolecular Hbond substituents is 1. The van der Waals surface area contributed by atoms with Crippen LogP contribution in [0.4, 0.5) is 0 Å². The van der Waals surface area contributed by atoms with Crippen molar-refractivity contribution in [1.82, 2.24) is 0 Å². The van der Waals surface area contributed by atoms with Crippen LogP contribution in [0.5, 0.6) is 5.75 Å². The molecule has 1 aliphatic carbocycles. The third-order valence-corrected chi connectivity index (χ3v) is 6.62. The van der Waals surface area contributed by atoms with Gasteiger partial charge in [-0.15, -0.1) is 0 Å². The predicted octanol–water partition coefficient (Wildman–Crippen LogP) is 7.53. The number of aromatic hydroxyl groups is 1. The summed E-state index contributed by atoms with van der Waals surface area (Å²) in [6, 6.07) is 4.08. The molecular weight excluding hydrogens is 403 g/mol. The molecule has 0 radical (unpaired) electrons. The summed E-state index contributed by atoms with van der Waals surface area (Å²) in [5.74, 6) is 0.381. The van der Waals surface area contributed by atoms with Crippen LogP contribution in [0, 0.1) is 5.41 Å². The molecule has 1 aliphatic rings. The van der Waals surface area contributed by atoms with Crippen LogP contribution in [0.1, 0.15) is 85.4 Å². The lowest BCUT2D eigenvalue weighted by Crippen LogP contribution is -2.29. The van der Waals surface area contributed by atoms with E-state index in [-0.39, 0.29) is 16.6 Å². The maximum absolute atomic E-state index is 13.3. The predicted molar refractivity (Wildman–Crippen MR) is 124 cm³/mol. The fourth-order valence-corrected chi connectivity index (χ4v) is 4.35. The molecule has 29 heavy (non-hydrogen) atoms. The fraction of sp³-hybridized carbons (Fsp3) is 0.560. The van der Waals surface area contributed by atoms with E-state index in [1.807, 2.05) is 32.9 Å². The Morgan fingerprint density at radius 3 is 1.72 bits per heavy atom. The first-order valence-electron chi connectivity index (χ1n) is 10.1. The topological polar surface area (TPSA) is 37.3 Å². The highest BCUT2D eigenvalue weighted by Gasteiger charge is 2.36. The van der Waals surface area contributed by atoms with Crippen LogP contribution in [0.25, 0.3) is 0 Å². The molecule has 0 spiro atoms. The average molecular weight is 437 g/mol. The number of rotatable bonds is 4. The lowest BCUT2D eigenvalue weighted by atomic mass is 9.74. The third kappa shape index (κ3) is 4.91. The largest absolute Gasteiger partial charge is 0.507 e. The van der Waals surface area contributed by atoms with Crippen molar-refractivity contribution in [2.24, 2.45) is 5.41 Å². The number of carbonyl (C=O) groups excluding carboxylic acids is 1. The van der Waals surface area contributed by atoms with Crippen LogP contribution in [-0.2, 0) is 22.0 Å². The van der Waals surface area contributed by atoms with Crippen LogP contribution >= 0.6 is 23.2 Å². The highest BCUT2D eigenvalue weighted by molar-refractivity contribution is 6.46. The minimum atomic E-state index is -0.640. The normalized spacial score (nSPS) is 16.1. The highest BCUT2D eigenvalue weighted by atomic mass is 35.5. The molecule has 2 nitrogen and oxygen atoms in total. The van der Waals surface area contributed by atoms with Crippen molar-refractivity contribution in [3.05, 3.63) is 50.0 Å². The van der Waals surface area contributed by atoms with Gasteiger partial charge < -0.3 is 5.11 Å². The standard InChI is InChI=1S/C25H34Cl2O2/c1-14-10-16(20(27)19(14)26)22(29)25(8,9)13-15-11-17(23(2,3)4)21(28)18(12-15)24(5,6)7/h11-12,28H,10,13H2,1-9H3. The molecule has 1 N–H and O–H groups in total. The number of allylic oxidation sites excluding steroid dienone is 4. The molecule has 0 atom stereocenters. The number of hydrogen-bond acceptors (Lipinski definition) is 2. The van der Waals surface area contributed by atoms with Crippen molar-refractivity contribution in [1.29, 1.82) is 0 Å². The van der Waals surface area contributed by atoms with Crippen molar-refractivity contribution < 1.29 is 9.90 Å². The van der Waals surface area contributed by atoms with Crippen molar-refractivity contribution in [2.75, 3.05) is 0 Å². The first-order chi connectivity index (χ1) is 13.0. The molecule has 160 valence electrons. The van der Waals surface area contributed by atoms with Gasteiger partial charge in [-0.2, -0.15) is 0 Å². The number of Topliss-reactive ketones (excluding diaryl/α,β-unsaturated/α-hetero) is 1. The molecule has 0 bridgehead atoms. The van der Waals surface area contributed by atoms with E-state index >= 15 is 0 Å². The van der Waals surface area contributed by atoms with Gasteiger partial charge >= 0.3 is 0 Å². The molecule has 0 amide bonds. The Morgan fingerprint density at radius 2 is 1.38 bits per heavy atom. The minimum absolute atomic E-state index is 0.0280. The number of ketones is 1. The van der Waals surface area contributed by atoms with E-state index in [0.717, 1.165) is 22.3 Å². The molecule has 0 heterocycles. The number of hydrogen-bond donors (Lipinski definition) is 1. The summed E-state index contributed by atoms with van der Waals surface area (Å²) in [4.78, 5) is 13.3. The molecule has 1 aromatic carbocycles. The van der Waals surface area contributed by atoms with Gasteiger partial charge in [-0.3, -0.25) is 4.79 Å². The smallest absolute Gasteiger partial charge is 0.166 e. The molecule has 0 saturated carbocycles. The fourth-order valence-electron chi connectivity index (χ4n) is 3.86. The van der Waals surface area contributed by atoms with Gasteiger partial charge in [0.25, 0.3) is 0 Å². The van der Waals surface area contributed by atoms with Gasteiger partial charge in [0.15, 0.2) is 5.78 Å². The zero-order valence-electron chi connectivity index (χ0n) is 19.2. The summed E-state index contributed by atoms with van der Waals surface area (Å²) < 4.78 is 0. The monoisotopic (exact) mass is 436 g/mol. The molecule has 0 aromatic heterocycles. The maximum atomic E-state index is 13.3. The molecule has 0 fully saturated rings. The molecule has 4 heteroatoms. The number of halogens is 2. The Kier molecular flexibility index (Phi) is 6.44. The SMILES string of the molecule is CC1=C(Cl)C(Cl)=C(C(=O)C(C)(C)Cc2cc(C(C)(C)C)c(O)c(C(C)(C)C)c2)C1. The second kappa shape index (κ2) is 7.78. The van der Waals surface area contributed by atoms with Gasteiger partial charge in [-0.25, -0.2) is 0 Å². The lowest BCUT2D eigenvalue weighted by molar-refractivity contribution is -0.123. The second-order valence-electron chi connectivity index (χ2n) is 11.0. The Hall–Kier alpha value is -1.25. The van der Waals surface area contributed by atoms with Crippen LogP contribution in [0.15, 0.2) is 33.3 Å². The molecule has 1 aromatic rings. The zero-order chi connectivity index (χ0) is 22.5. The molecule has 0 saturated heterocycles. The second-order valence-corrected chi connectivity index (χ2v) is 11.7. The van der Waals surface area contributed by atoms with Crippen LogP contribution in [0.2, 0.25) is 0 Å². The first kappa shape index (κ1) is 24.0. The van der Waals surface area contributed by atoms with E-state index in [1.165, 1.54) is 0 Å². The lowest BCUT2D eigenvalue weighted by Gasteiger charge is -2.30. The Labute approximate surface area is 186 Å². The van der Waals surface area contributed by atoms with Crippen molar-refractivity contribution in [3.63, 3.8) is 0 Å². The molecule has 0 aliphatic heterocycles. The van der Waals surface area contributed by atoms with E-state index in [9.17, 15) is 9.90 Å². The van der Waals surface area contributed by atoms with E-state index in [0.29, 0.717) is 34.2 Å². The van der Waals surface area contributed by atoms with Crippen molar-refractivity contribution in [2.45, 2.75) is 86.0 Å². The summed E-state index contributed by atoms with van der Waals surface area (Å²) in [6.45, 7) is 18.4. The molecule has 2 rings (SSSR count). The maximum Gasteiger partial charge on any atom is 0.166 e. The quantitative estimate of drug-likeness (QED) is 0.528. The molecular formula is C25H34Cl2O2. The molecule has 0 unspecified atom stereocenters. The summed E-state index contributed by atoms with van der Waals surface area (Å²) in [5.41, 5.74) is 3.33. The Balaban J connectivity index is 2.49. The number of benzene rings is 1. The number of carbonyl (C=O) groups is 1. The van der Waals surface area contributed by atoms with E-state index in [4.69, 9.17) is 23.2 Å². The number of phenols is 1. The first-order valence-corrected chi connectivity index (χ1v) is 10.9. The zero-order valence-corrected chi connectivity index (χ0v) is 20.7. The van der Waals surface area contributed by atoms with Gasteiger partial charge in [-0.05, 0) is 52.9 Å². The van der Waals surface area contributed by atoms with Crippen LogP contribution < -0.4 is 0 Å². The van der Waals surface area contributed by atoms with E-state index in [2.05, 4.69) is 41.5 Å². The van der Waals surface area contributed by atoms with Crippen molar-refractivity contribution in [3.8, 4) is 5.75 Å². The minimum Gasteiger partial charge on any atom is -0.507 e. The summed E-state index contributed by atoms with van der Waals surface area (Å²) in [6.07, 6.45) is 1.07. The third-order valence-electron chi connectivity index (χ3n) is 5.59. The van der Waals surface area contributed by atoms with Crippen LogP contribution in [-0.4, -0.2) is 10.9 Å². The highest BCUT2D eigenvalue weighted by Crippen LogP contribution is 2.43. The van der Waals surface area contributed by atoms with Gasteiger partial charge in [0.05, 0.1) is 10.1 Å². The van der Waals surface area contributed by atoms with Gasteiger partial charge in [0.2, 0.25) is 0 Å². The van der Waals surface area contributed by atoms with E-state index < -0.39 is 5.41 Å². The van der Waals surface area contributed by atoms with Gasteiger partial charge in [0.1, 0.15) is 5.75 Å². The summed E-state index contributed by atoms with van der Waals surface area (Å²) in [7, 11) is 0. The van der Waals surface area contributed by atoms with Gasteiger partial charge in [0, 0.05) is 11.0 Å². The summed E-state index contributed by atoms with van der Waals surface area (Å²) in [5, 5.41) is 11.8. The van der Waals surface area contributed by atoms with Crippen LogP contribution in [0.3, 0.4) is 0 Å². The summed E-state index contributed by atoms with van der Waals surface area (Å²) >= 11 is 12.6.